The lowest BCUT2D eigenvalue weighted by Gasteiger charge is -2.41. The summed E-state index contributed by atoms with van der Waals surface area (Å²) in [6.07, 6.45) is 2.84. The van der Waals surface area contributed by atoms with Gasteiger partial charge >= 0.3 is 0 Å². The van der Waals surface area contributed by atoms with Crippen LogP contribution in [0.3, 0.4) is 0 Å². The molecular formula is C64H116N12O12. The van der Waals surface area contributed by atoms with Crippen molar-refractivity contribution in [3.8, 4) is 0 Å². The molecule has 0 aliphatic carbocycles. The number of carbonyl (C=O) groups is 11. The molecule has 0 radical (unpaired) electrons. The first-order valence-corrected chi connectivity index (χ1v) is 31.8. The van der Waals surface area contributed by atoms with Crippen LogP contribution in [0.1, 0.15) is 163 Å². The standard InChI is InChI=1S/C64H116N12O12/c1-25-27-28-41(15)53(77)52-57(81)68-44(26-2)59(83)70(18)45(29-30-65)60(84)71(19)47(32-36(5)6)56(80)69-50(39(11)12)63(87)72(20)46(31-35(3)4)55(79)66-42(16)54(78)67-43(17)58(82)73(21)48(33-37(7)8)61(85)74(22)49(34-38(9)10)62(86)75(23)51(40(13)14)64(88)76(52)24/h25,27,35-53,77H,26,28-34,65H2,1-24H3,(H,66,79)(H,67,78)(H,68,81)(H,69,80)/t41-,42+,43-,44+,45-,46+,47+,48+,49+,50+,51+,52+,53-/m1/s1. The van der Waals surface area contributed by atoms with Crippen LogP contribution < -0.4 is 27.0 Å². The fourth-order valence-electron chi connectivity index (χ4n) is 11.3. The zero-order valence-corrected chi connectivity index (χ0v) is 57.9. The fourth-order valence-corrected chi connectivity index (χ4v) is 11.3. The first kappa shape index (κ1) is 79.8. The van der Waals surface area contributed by atoms with E-state index in [4.69, 9.17) is 5.73 Å². The number of aliphatic hydroxyl groups excluding tert-OH is 1. The quantitative estimate of drug-likeness (QED) is 0.114. The number of hydrogen-bond acceptors (Lipinski definition) is 13. The van der Waals surface area contributed by atoms with Crippen molar-refractivity contribution >= 4 is 65.0 Å². The summed E-state index contributed by atoms with van der Waals surface area (Å²) in [5, 5.41) is 23.2. The van der Waals surface area contributed by atoms with Crippen LogP contribution in [0, 0.1) is 41.4 Å². The van der Waals surface area contributed by atoms with Crippen LogP contribution in [0.15, 0.2) is 12.2 Å². The second-order valence-electron chi connectivity index (χ2n) is 26.9. The molecule has 1 rings (SSSR count). The van der Waals surface area contributed by atoms with Gasteiger partial charge in [-0.3, -0.25) is 52.7 Å². The molecule has 0 saturated carbocycles. The van der Waals surface area contributed by atoms with Gasteiger partial charge in [-0.1, -0.05) is 109 Å². The lowest BCUT2D eigenvalue weighted by Crippen LogP contribution is -2.64. The van der Waals surface area contributed by atoms with E-state index in [0.717, 1.165) is 9.80 Å². The summed E-state index contributed by atoms with van der Waals surface area (Å²) in [6.45, 7) is 29.8. The highest BCUT2D eigenvalue weighted by Gasteiger charge is 2.46. The topological polar surface area (TPSA) is 305 Å². The molecule has 24 heteroatoms. The number of hydrogen-bond donors (Lipinski definition) is 6. The minimum atomic E-state index is -1.64. The smallest absolute Gasteiger partial charge is 0.246 e. The molecule has 1 fully saturated rings. The predicted octanol–water partition coefficient (Wildman–Crippen LogP) is 2.99. The van der Waals surface area contributed by atoms with Crippen molar-refractivity contribution in [2.75, 3.05) is 55.9 Å². The number of nitrogens with two attached hydrogens (primary N) is 1. The maximum absolute atomic E-state index is 15.2. The molecule has 0 aromatic heterocycles. The molecule has 1 heterocycles. The van der Waals surface area contributed by atoms with E-state index in [2.05, 4.69) is 21.3 Å². The first-order chi connectivity index (χ1) is 40.7. The van der Waals surface area contributed by atoms with Gasteiger partial charge in [-0.2, -0.15) is 0 Å². The Balaban J connectivity index is 4.45. The molecular weight excluding hydrogens is 1130 g/mol. The Morgan fingerprint density at radius 3 is 1.26 bits per heavy atom. The Hall–Kier alpha value is -6.17. The lowest BCUT2D eigenvalue weighted by atomic mass is 9.91. The van der Waals surface area contributed by atoms with Crippen molar-refractivity contribution in [1.82, 2.24) is 55.6 Å². The van der Waals surface area contributed by atoms with Crippen molar-refractivity contribution in [3.05, 3.63) is 12.2 Å². The van der Waals surface area contributed by atoms with Crippen molar-refractivity contribution in [2.24, 2.45) is 47.2 Å². The van der Waals surface area contributed by atoms with Gasteiger partial charge in [-0.25, -0.2) is 0 Å². The summed E-state index contributed by atoms with van der Waals surface area (Å²) in [5.74, 6) is -9.97. The molecule has 24 nitrogen and oxygen atoms in total. The minimum Gasteiger partial charge on any atom is -0.390 e. The number of nitrogens with zero attached hydrogens (tertiary/aromatic N) is 7. The second kappa shape index (κ2) is 36.5. The molecule has 0 aromatic carbocycles. The average Bonchev–Trinajstić information content (AvgIpc) is 1.33. The minimum absolute atomic E-state index is 0.00952. The van der Waals surface area contributed by atoms with Crippen LogP contribution in [-0.2, 0) is 52.7 Å². The van der Waals surface area contributed by atoms with Gasteiger partial charge in [-0.05, 0) is 114 Å². The zero-order valence-electron chi connectivity index (χ0n) is 57.9. The second-order valence-corrected chi connectivity index (χ2v) is 26.9. The number of carbonyl (C=O) groups excluding carboxylic acids is 11. The van der Waals surface area contributed by atoms with E-state index in [-0.39, 0.29) is 68.7 Å². The van der Waals surface area contributed by atoms with E-state index in [9.17, 15) is 48.3 Å². The molecule has 7 N–H and O–H groups in total. The van der Waals surface area contributed by atoms with Crippen molar-refractivity contribution < 1.29 is 57.8 Å². The summed E-state index contributed by atoms with van der Waals surface area (Å²) in [5.41, 5.74) is 6.12. The SMILES string of the molecule is CC=CC[C@@H](C)[C@@H](O)[C@H]1C(=O)N[C@@H](CC)C(=O)N(C)[C@H](CCN)C(=O)N(C)[C@@H](CC(C)C)C(=O)N[C@@H](C(C)C)C(=O)N(C)[C@@H](CC(C)C)C(=O)N[C@@H](C)C(=O)N[C@H](C)C(=O)N(C)[C@@H](CC(C)C)C(=O)N(C)[C@@H](CC(C)C)C(=O)N(C)[C@@H](C(C)C)C(=O)N1C. The van der Waals surface area contributed by atoms with E-state index >= 15 is 9.59 Å². The molecule has 0 aromatic rings. The van der Waals surface area contributed by atoms with Crippen LogP contribution in [-0.4, -0.2) is 233 Å². The summed E-state index contributed by atoms with van der Waals surface area (Å²) in [4.78, 5) is 171. The lowest BCUT2D eigenvalue weighted by molar-refractivity contribution is -0.157. The van der Waals surface area contributed by atoms with Crippen molar-refractivity contribution in [1.29, 1.82) is 0 Å². The van der Waals surface area contributed by atoms with Gasteiger partial charge in [0.05, 0.1) is 6.10 Å². The molecule has 0 bridgehead atoms. The third kappa shape index (κ3) is 21.8. The molecule has 0 spiro atoms. The van der Waals surface area contributed by atoms with E-state index in [1.54, 1.807) is 60.6 Å². The summed E-state index contributed by atoms with van der Waals surface area (Å²) in [6, 6.07) is -13.8. The number of aliphatic hydroxyl groups is 1. The third-order valence-electron chi connectivity index (χ3n) is 16.8. The van der Waals surface area contributed by atoms with Crippen LogP contribution in [0.25, 0.3) is 0 Å². The molecule has 1 saturated heterocycles. The molecule has 11 amide bonds. The largest absolute Gasteiger partial charge is 0.390 e. The number of rotatable bonds is 17. The van der Waals surface area contributed by atoms with Gasteiger partial charge in [0.25, 0.3) is 0 Å². The monoisotopic (exact) mass is 1240 g/mol. The van der Waals surface area contributed by atoms with Crippen molar-refractivity contribution in [2.45, 2.75) is 235 Å². The zero-order chi connectivity index (χ0) is 68.3. The average molecular weight is 1250 g/mol. The van der Waals surface area contributed by atoms with Gasteiger partial charge in [0.15, 0.2) is 0 Å². The third-order valence-corrected chi connectivity index (χ3v) is 16.8. The van der Waals surface area contributed by atoms with Gasteiger partial charge in [0.2, 0.25) is 65.0 Å². The molecule has 88 heavy (non-hydrogen) atoms. The van der Waals surface area contributed by atoms with Crippen LogP contribution in [0.4, 0.5) is 0 Å². The summed E-state index contributed by atoms with van der Waals surface area (Å²) >= 11 is 0. The Bertz CT molecular complexity index is 2400. The first-order valence-electron chi connectivity index (χ1n) is 31.8. The Morgan fingerprint density at radius 2 is 0.830 bits per heavy atom. The Labute approximate surface area is 526 Å². The van der Waals surface area contributed by atoms with Crippen LogP contribution in [0.2, 0.25) is 0 Å². The summed E-state index contributed by atoms with van der Waals surface area (Å²) < 4.78 is 0. The highest BCUT2D eigenvalue weighted by molar-refractivity contribution is 6.00. The highest BCUT2D eigenvalue weighted by Crippen LogP contribution is 2.26. The molecule has 1 aliphatic rings. The van der Waals surface area contributed by atoms with Gasteiger partial charge < -0.3 is 66.4 Å². The molecule has 0 unspecified atom stereocenters. The van der Waals surface area contributed by atoms with Crippen LogP contribution in [0.5, 0.6) is 0 Å². The molecule has 1 aliphatic heterocycles. The maximum atomic E-state index is 15.2. The predicted molar refractivity (Wildman–Crippen MR) is 341 cm³/mol. The van der Waals surface area contributed by atoms with Gasteiger partial charge in [0, 0.05) is 49.3 Å². The fraction of sp³-hybridized carbons (Fsp3) is 0.797. The number of allylic oxidation sites excluding steroid dienone is 2. The highest BCUT2D eigenvalue weighted by atomic mass is 16.3. The molecule has 13 atom stereocenters. The van der Waals surface area contributed by atoms with Gasteiger partial charge in [-0.15, -0.1) is 0 Å². The van der Waals surface area contributed by atoms with Crippen molar-refractivity contribution in [3.63, 3.8) is 0 Å². The number of nitrogens with one attached hydrogen (secondary N) is 4. The Kier molecular flexibility index (Phi) is 33.1. The van der Waals surface area contributed by atoms with E-state index in [0.29, 0.717) is 6.42 Å². The van der Waals surface area contributed by atoms with E-state index in [1.807, 2.05) is 55.4 Å². The molecule has 504 valence electrons. The maximum Gasteiger partial charge on any atom is 0.246 e. The number of likely N-dealkylation sites (N-methyl/N-ethyl adjacent to an activating group) is 7. The number of amides is 11. The normalized spacial score (nSPS) is 27.2. The van der Waals surface area contributed by atoms with E-state index in [1.165, 1.54) is 87.7 Å². The summed E-state index contributed by atoms with van der Waals surface area (Å²) in [7, 11) is 9.92. The van der Waals surface area contributed by atoms with Crippen LogP contribution >= 0.6 is 0 Å². The Morgan fingerprint density at radius 1 is 0.443 bits per heavy atom. The van der Waals surface area contributed by atoms with Gasteiger partial charge in [0.1, 0.15) is 66.5 Å². The van der Waals surface area contributed by atoms with E-state index < -0.39 is 155 Å².